The molecule has 0 saturated heterocycles. The van der Waals surface area contributed by atoms with Crippen LogP contribution in [0.5, 0.6) is 0 Å². The van der Waals surface area contributed by atoms with Gasteiger partial charge in [0.25, 0.3) is 11.6 Å². The van der Waals surface area contributed by atoms with E-state index in [0.29, 0.717) is 15.9 Å². The van der Waals surface area contributed by atoms with Gasteiger partial charge in [-0.05, 0) is 28.9 Å². The molecule has 0 spiro atoms. The number of nitro groups is 1. The number of nitrogens with zero attached hydrogens (tertiary/aromatic N) is 3. The summed E-state index contributed by atoms with van der Waals surface area (Å²) in [6.07, 6.45) is 0. The van der Waals surface area contributed by atoms with Crippen molar-refractivity contribution in [1.29, 1.82) is 0 Å². The van der Waals surface area contributed by atoms with E-state index in [1.807, 2.05) is 0 Å². The van der Waals surface area contributed by atoms with E-state index in [-0.39, 0.29) is 11.6 Å². The average molecular weight is 284 g/mol. The molecule has 6 nitrogen and oxygen atoms in total. The zero-order chi connectivity index (χ0) is 11.7. The highest BCUT2D eigenvalue weighted by Crippen LogP contribution is 2.30. The summed E-state index contributed by atoms with van der Waals surface area (Å²) in [6.45, 7) is 1.68. The maximum absolute atomic E-state index is 10.6. The van der Waals surface area contributed by atoms with Crippen molar-refractivity contribution in [2.75, 3.05) is 0 Å². The second-order valence-corrected chi connectivity index (χ2v) is 3.92. The molecule has 0 fully saturated rings. The maximum Gasteiger partial charge on any atom is 0.270 e. The van der Waals surface area contributed by atoms with E-state index < -0.39 is 4.92 Å². The van der Waals surface area contributed by atoms with E-state index >= 15 is 0 Å². The van der Waals surface area contributed by atoms with Crippen molar-refractivity contribution in [3.8, 4) is 11.5 Å². The third kappa shape index (κ3) is 1.94. The van der Waals surface area contributed by atoms with Gasteiger partial charge in [0.05, 0.1) is 10.5 Å². The average Bonchev–Trinajstić information content (AvgIpc) is 2.65. The second-order valence-electron chi connectivity index (χ2n) is 3.07. The lowest BCUT2D eigenvalue weighted by Crippen LogP contribution is -1.89. The van der Waals surface area contributed by atoms with Gasteiger partial charge < -0.3 is 4.52 Å². The van der Waals surface area contributed by atoms with Crippen LogP contribution >= 0.6 is 15.9 Å². The molecule has 0 saturated carbocycles. The molecular weight excluding hydrogens is 278 g/mol. The lowest BCUT2D eigenvalue weighted by Gasteiger charge is -1.98. The number of non-ortho nitro benzene ring substituents is 1. The molecule has 2 aromatic rings. The van der Waals surface area contributed by atoms with Gasteiger partial charge in [0, 0.05) is 16.6 Å². The SMILES string of the molecule is Cc1noc(-c2cc([N+](=O)[O-])ccc2Br)n1. The third-order valence-electron chi connectivity index (χ3n) is 1.92. The Balaban J connectivity index is 2.55. The summed E-state index contributed by atoms with van der Waals surface area (Å²) in [7, 11) is 0. The van der Waals surface area contributed by atoms with Gasteiger partial charge in [0.15, 0.2) is 5.82 Å². The van der Waals surface area contributed by atoms with Crippen LogP contribution < -0.4 is 0 Å². The van der Waals surface area contributed by atoms with E-state index in [4.69, 9.17) is 4.52 Å². The van der Waals surface area contributed by atoms with Crippen molar-refractivity contribution >= 4 is 21.6 Å². The number of hydrogen-bond acceptors (Lipinski definition) is 5. The predicted octanol–water partition coefficient (Wildman–Crippen LogP) is 2.72. The molecule has 16 heavy (non-hydrogen) atoms. The van der Waals surface area contributed by atoms with Gasteiger partial charge in [0.1, 0.15) is 0 Å². The van der Waals surface area contributed by atoms with Crippen LogP contribution in [0.3, 0.4) is 0 Å². The molecular formula is C9H6BrN3O3. The number of hydrogen-bond donors (Lipinski definition) is 0. The van der Waals surface area contributed by atoms with E-state index in [1.54, 1.807) is 13.0 Å². The molecule has 0 unspecified atom stereocenters. The highest BCUT2D eigenvalue weighted by Gasteiger charge is 2.15. The van der Waals surface area contributed by atoms with Crippen LogP contribution in [0.25, 0.3) is 11.5 Å². The first-order chi connectivity index (χ1) is 7.58. The van der Waals surface area contributed by atoms with Crippen molar-refractivity contribution in [3.05, 3.63) is 38.6 Å². The van der Waals surface area contributed by atoms with E-state index in [9.17, 15) is 10.1 Å². The molecule has 7 heteroatoms. The van der Waals surface area contributed by atoms with Gasteiger partial charge in [-0.3, -0.25) is 10.1 Å². The van der Waals surface area contributed by atoms with Gasteiger partial charge >= 0.3 is 0 Å². The van der Waals surface area contributed by atoms with Gasteiger partial charge in [-0.25, -0.2) is 0 Å². The molecule has 0 aliphatic heterocycles. The monoisotopic (exact) mass is 283 g/mol. The Morgan fingerprint density at radius 2 is 2.25 bits per heavy atom. The summed E-state index contributed by atoms with van der Waals surface area (Å²) in [5.41, 5.74) is 0.490. The van der Waals surface area contributed by atoms with Gasteiger partial charge in [-0.2, -0.15) is 4.98 Å². The van der Waals surface area contributed by atoms with Crippen molar-refractivity contribution in [2.45, 2.75) is 6.92 Å². The van der Waals surface area contributed by atoms with Crippen LogP contribution in [0.4, 0.5) is 5.69 Å². The van der Waals surface area contributed by atoms with Crippen molar-refractivity contribution < 1.29 is 9.45 Å². The number of aryl methyl sites for hydroxylation is 1. The number of rotatable bonds is 2. The Bertz CT molecular complexity index is 553. The minimum absolute atomic E-state index is 0.0194. The van der Waals surface area contributed by atoms with E-state index in [0.717, 1.165) is 0 Å². The molecule has 1 aromatic heterocycles. The van der Waals surface area contributed by atoms with Crippen molar-refractivity contribution in [3.63, 3.8) is 0 Å². The largest absolute Gasteiger partial charge is 0.334 e. The smallest absolute Gasteiger partial charge is 0.270 e. The molecule has 0 atom stereocenters. The van der Waals surface area contributed by atoms with Crippen LogP contribution in [0, 0.1) is 17.0 Å². The van der Waals surface area contributed by atoms with Crippen LogP contribution in [0.15, 0.2) is 27.2 Å². The second kappa shape index (κ2) is 4.01. The number of halogens is 1. The topological polar surface area (TPSA) is 82.1 Å². The molecule has 0 amide bonds. The molecule has 0 N–H and O–H groups in total. The molecule has 1 aromatic carbocycles. The van der Waals surface area contributed by atoms with Gasteiger partial charge in [0.2, 0.25) is 0 Å². The van der Waals surface area contributed by atoms with Gasteiger partial charge in [-0.1, -0.05) is 5.16 Å². The Morgan fingerprint density at radius 3 is 2.81 bits per heavy atom. The lowest BCUT2D eigenvalue weighted by molar-refractivity contribution is -0.384. The standard InChI is InChI=1S/C9H6BrN3O3/c1-5-11-9(16-12-5)7-4-6(13(14)15)2-3-8(7)10/h2-4H,1H3. The van der Waals surface area contributed by atoms with Crippen LogP contribution in [-0.4, -0.2) is 15.1 Å². The van der Waals surface area contributed by atoms with Crippen LogP contribution in [-0.2, 0) is 0 Å². The molecule has 0 radical (unpaired) electrons. The van der Waals surface area contributed by atoms with E-state index in [2.05, 4.69) is 26.1 Å². The van der Waals surface area contributed by atoms with Crippen LogP contribution in [0.2, 0.25) is 0 Å². The fourth-order valence-corrected chi connectivity index (χ4v) is 1.61. The number of nitro benzene ring substituents is 1. The first kappa shape index (κ1) is 10.7. The first-order valence-corrected chi connectivity index (χ1v) is 5.12. The number of benzene rings is 1. The summed E-state index contributed by atoms with van der Waals surface area (Å²) < 4.78 is 5.62. The number of aromatic nitrogens is 2. The zero-order valence-corrected chi connectivity index (χ0v) is 9.76. The summed E-state index contributed by atoms with van der Waals surface area (Å²) in [4.78, 5) is 14.2. The van der Waals surface area contributed by atoms with Gasteiger partial charge in [-0.15, -0.1) is 0 Å². The fraction of sp³-hybridized carbons (Fsp3) is 0.111. The van der Waals surface area contributed by atoms with Crippen molar-refractivity contribution in [2.24, 2.45) is 0 Å². The summed E-state index contributed by atoms with van der Waals surface area (Å²) in [6, 6.07) is 4.36. The first-order valence-electron chi connectivity index (χ1n) is 4.32. The minimum Gasteiger partial charge on any atom is -0.334 e. The highest BCUT2D eigenvalue weighted by molar-refractivity contribution is 9.10. The van der Waals surface area contributed by atoms with Crippen LogP contribution in [0.1, 0.15) is 5.82 Å². The normalized spacial score (nSPS) is 10.4. The summed E-state index contributed by atoms with van der Waals surface area (Å²) in [5.74, 6) is 0.737. The summed E-state index contributed by atoms with van der Waals surface area (Å²) >= 11 is 3.28. The van der Waals surface area contributed by atoms with E-state index in [1.165, 1.54) is 12.1 Å². The highest BCUT2D eigenvalue weighted by atomic mass is 79.9. The Morgan fingerprint density at radius 1 is 1.50 bits per heavy atom. The Hall–Kier alpha value is -1.76. The zero-order valence-electron chi connectivity index (χ0n) is 8.18. The fourth-order valence-electron chi connectivity index (χ4n) is 1.20. The molecule has 2 rings (SSSR count). The lowest BCUT2D eigenvalue weighted by atomic mass is 10.2. The maximum atomic E-state index is 10.6. The quantitative estimate of drug-likeness (QED) is 0.625. The molecule has 0 aliphatic carbocycles. The Kier molecular flexibility index (Phi) is 2.69. The summed E-state index contributed by atoms with van der Waals surface area (Å²) in [5, 5.41) is 14.3. The molecule has 1 heterocycles. The third-order valence-corrected chi connectivity index (χ3v) is 2.61. The van der Waals surface area contributed by atoms with Crippen molar-refractivity contribution in [1.82, 2.24) is 10.1 Å². The molecule has 0 aliphatic rings. The Labute approximate surface area is 98.6 Å². The molecule has 82 valence electrons. The predicted molar refractivity (Wildman–Crippen MR) is 58.8 cm³/mol. The molecule has 0 bridgehead atoms. The minimum atomic E-state index is -0.473.